The summed E-state index contributed by atoms with van der Waals surface area (Å²) in [6.45, 7) is 2.10. The fourth-order valence-corrected chi connectivity index (χ4v) is 3.48. The fraction of sp³-hybridized carbons (Fsp3) is 0.143. The molecule has 4 aromatic rings. The topological polar surface area (TPSA) is 90.0 Å². The van der Waals surface area contributed by atoms with E-state index in [1.54, 1.807) is 0 Å². The Kier molecular flexibility index (Phi) is 5.26. The number of hydrogen-bond donors (Lipinski definition) is 1. The van der Waals surface area contributed by atoms with Crippen LogP contribution in [0.15, 0.2) is 68.6 Å². The summed E-state index contributed by atoms with van der Waals surface area (Å²) in [5.41, 5.74) is 3.15. The maximum absolute atomic E-state index is 12.7. The van der Waals surface area contributed by atoms with Crippen molar-refractivity contribution in [3.05, 3.63) is 75.2 Å². The van der Waals surface area contributed by atoms with Crippen LogP contribution in [0.25, 0.3) is 22.4 Å². The number of hydrogen-bond acceptors (Lipinski definition) is 5. The van der Waals surface area contributed by atoms with Crippen molar-refractivity contribution in [3.8, 4) is 11.3 Å². The van der Waals surface area contributed by atoms with Gasteiger partial charge in [-0.15, -0.1) is 0 Å². The smallest absolute Gasteiger partial charge is 0.299 e. The number of carbonyl (C=O) groups excluding carboxylic acids is 1. The SMILES string of the molecule is Cc1cc(Br)ccc1NC(=O)CCn1cnc2c(-c3ccccc3)noc2c1=O. The summed E-state index contributed by atoms with van der Waals surface area (Å²) in [5.74, 6) is -0.190. The summed E-state index contributed by atoms with van der Waals surface area (Å²) < 4.78 is 7.56. The van der Waals surface area contributed by atoms with Crippen LogP contribution in [0.5, 0.6) is 0 Å². The number of nitrogens with one attached hydrogen (secondary N) is 1. The van der Waals surface area contributed by atoms with Gasteiger partial charge in [-0.05, 0) is 30.7 Å². The quantitative estimate of drug-likeness (QED) is 0.491. The highest BCUT2D eigenvalue weighted by Crippen LogP contribution is 2.24. The summed E-state index contributed by atoms with van der Waals surface area (Å²) in [6, 6.07) is 15.0. The van der Waals surface area contributed by atoms with Gasteiger partial charge in [0.1, 0.15) is 11.2 Å². The molecule has 7 nitrogen and oxygen atoms in total. The summed E-state index contributed by atoms with van der Waals surface area (Å²) in [6.07, 6.45) is 1.55. The van der Waals surface area contributed by atoms with Gasteiger partial charge in [-0.1, -0.05) is 51.4 Å². The number of nitrogens with zero attached hydrogens (tertiary/aromatic N) is 3. The molecule has 29 heavy (non-hydrogen) atoms. The van der Waals surface area contributed by atoms with E-state index in [0.717, 1.165) is 21.3 Å². The van der Waals surface area contributed by atoms with Gasteiger partial charge in [0.2, 0.25) is 5.91 Å². The van der Waals surface area contributed by atoms with E-state index < -0.39 is 0 Å². The van der Waals surface area contributed by atoms with Crippen molar-refractivity contribution >= 4 is 38.6 Å². The Balaban J connectivity index is 1.51. The van der Waals surface area contributed by atoms with E-state index in [4.69, 9.17) is 4.52 Å². The van der Waals surface area contributed by atoms with E-state index in [0.29, 0.717) is 11.2 Å². The Bertz CT molecular complexity index is 1250. The normalized spacial score (nSPS) is 11.0. The molecule has 0 saturated heterocycles. The van der Waals surface area contributed by atoms with Crippen LogP contribution in [0, 0.1) is 6.92 Å². The van der Waals surface area contributed by atoms with Gasteiger partial charge in [-0.25, -0.2) is 4.98 Å². The third kappa shape index (κ3) is 3.97. The lowest BCUT2D eigenvalue weighted by atomic mass is 10.1. The number of anilines is 1. The molecule has 1 amide bonds. The van der Waals surface area contributed by atoms with Gasteiger partial charge in [-0.3, -0.25) is 14.2 Å². The Morgan fingerprint density at radius 3 is 2.76 bits per heavy atom. The van der Waals surface area contributed by atoms with Crippen molar-refractivity contribution in [3.63, 3.8) is 0 Å². The first kappa shape index (κ1) is 19.1. The molecule has 0 fully saturated rings. The number of rotatable bonds is 5. The minimum absolute atomic E-state index is 0.0792. The summed E-state index contributed by atoms with van der Waals surface area (Å²) in [7, 11) is 0. The zero-order valence-electron chi connectivity index (χ0n) is 15.6. The molecule has 2 heterocycles. The van der Waals surface area contributed by atoms with E-state index in [1.807, 2.05) is 55.5 Å². The molecule has 0 atom stereocenters. The molecule has 0 bridgehead atoms. The van der Waals surface area contributed by atoms with Crippen molar-refractivity contribution < 1.29 is 9.32 Å². The van der Waals surface area contributed by atoms with Crippen LogP contribution in [0.1, 0.15) is 12.0 Å². The Morgan fingerprint density at radius 2 is 2.00 bits per heavy atom. The highest BCUT2D eigenvalue weighted by atomic mass is 79.9. The summed E-state index contributed by atoms with van der Waals surface area (Å²) in [5, 5.41) is 6.86. The van der Waals surface area contributed by atoms with Crippen LogP contribution in [0.4, 0.5) is 5.69 Å². The maximum Gasteiger partial charge on any atom is 0.299 e. The van der Waals surface area contributed by atoms with Crippen LogP contribution < -0.4 is 10.9 Å². The molecule has 0 aliphatic heterocycles. The number of aromatic nitrogens is 3. The minimum atomic E-state index is -0.364. The molecule has 2 aromatic carbocycles. The lowest BCUT2D eigenvalue weighted by molar-refractivity contribution is -0.116. The van der Waals surface area contributed by atoms with E-state index >= 15 is 0 Å². The lowest BCUT2D eigenvalue weighted by Crippen LogP contribution is -2.23. The van der Waals surface area contributed by atoms with E-state index in [1.165, 1.54) is 10.9 Å². The third-order valence-corrected chi connectivity index (χ3v) is 5.03. The predicted octanol–water partition coefficient (Wildman–Crippen LogP) is 4.15. The number of carbonyl (C=O) groups is 1. The number of halogens is 1. The van der Waals surface area contributed by atoms with Gasteiger partial charge in [0.05, 0.1) is 6.33 Å². The zero-order chi connectivity index (χ0) is 20.4. The van der Waals surface area contributed by atoms with Crippen molar-refractivity contribution in [2.24, 2.45) is 0 Å². The number of amides is 1. The monoisotopic (exact) mass is 452 g/mol. The molecule has 1 N–H and O–H groups in total. The van der Waals surface area contributed by atoms with E-state index in [2.05, 4.69) is 31.4 Å². The first-order valence-corrected chi connectivity index (χ1v) is 9.78. The average molecular weight is 453 g/mol. The van der Waals surface area contributed by atoms with Crippen LogP contribution >= 0.6 is 15.9 Å². The minimum Gasteiger partial charge on any atom is -0.348 e. The molecule has 0 aliphatic carbocycles. The van der Waals surface area contributed by atoms with Gasteiger partial charge < -0.3 is 9.84 Å². The zero-order valence-corrected chi connectivity index (χ0v) is 17.1. The molecular formula is C21H17BrN4O3. The second-order valence-electron chi connectivity index (χ2n) is 6.58. The van der Waals surface area contributed by atoms with Crippen molar-refractivity contribution in [1.82, 2.24) is 14.7 Å². The highest BCUT2D eigenvalue weighted by Gasteiger charge is 2.16. The molecule has 4 rings (SSSR count). The Hall–Kier alpha value is -3.26. The van der Waals surface area contributed by atoms with Gasteiger partial charge in [0, 0.05) is 28.7 Å². The van der Waals surface area contributed by atoms with E-state index in [-0.39, 0.29) is 30.0 Å². The maximum atomic E-state index is 12.7. The van der Waals surface area contributed by atoms with Crippen LogP contribution in [0.3, 0.4) is 0 Å². The van der Waals surface area contributed by atoms with Crippen molar-refractivity contribution in [1.29, 1.82) is 0 Å². The molecule has 2 aromatic heterocycles. The second kappa shape index (κ2) is 8.00. The average Bonchev–Trinajstić information content (AvgIpc) is 3.15. The molecule has 8 heteroatoms. The second-order valence-corrected chi connectivity index (χ2v) is 7.49. The van der Waals surface area contributed by atoms with Crippen molar-refractivity contribution in [2.75, 3.05) is 5.32 Å². The molecular weight excluding hydrogens is 436 g/mol. The van der Waals surface area contributed by atoms with Gasteiger partial charge in [0.25, 0.3) is 11.1 Å². The first-order valence-electron chi connectivity index (χ1n) is 8.99. The number of fused-ring (bicyclic) bond motifs is 1. The van der Waals surface area contributed by atoms with Crippen molar-refractivity contribution in [2.45, 2.75) is 19.9 Å². The predicted molar refractivity (Wildman–Crippen MR) is 114 cm³/mol. The van der Waals surface area contributed by atoms with Crippen LogP contribution in [-0.2, 0) is 11.3 Å². The summed E-state index contributed by atoms with van der Waals surface area (Å²) >= 11 is 3.40. The molecule has 0 radical (unpaired) electrons. The number of aryl methyl sites for hydroxylation is 2. The molecule has 0 saturated carbocycles. The lowest BCUT2D eigenvalue weighted by Gasteiger charge is -2.09. The molecule has 0 aliphatic rings. The first-order chi connectivity index (χ1) is 14.0. The van der Waals surface area contributed by atoms with Gasteiger partial charge >= 0.3 is 0 Å². The van der Waals surface area contributed by atoms with Gasteiger partial charge in [0.15, 0.2) is 0 Å². The molecule has 146 valence electrons. The largest absolute Gasteiger partial charge is 0.348 e. The highest BCUT2D eigenvalue weighted by molar-refractivity contribution is 9.10. The third-order valence-electron chi connectivity index (χ3n) is 4.54. The van der Waals surface area contributed by atoms with E-state index in [9.17, 15) is 9.59 Å². The van der Waals surface area contributed by atoms with Crippen LogP contribution in [0.2, 0.25) is 0 Å². The van der Waals surface area contributed by atoms with Crippen LogP contribution in [-0.4, -0.2) is 20.6 Å². The Labute approximate surface area is 174 Å². The number of benzene rings is 2. The summed E-state index contributed by atoms with van der Waals surface area (Å²) in [4.78, 5) is 29.3. The van der Waals surface area contributed by atoms with Gasteiger partial charge in [-0.2, -0.15) is 0 Å². The molecule has 0 spiro atoms. The standard InChI is InChI=1S/C21H17BrN4O3/c1-13-11-15(22)7-8-16(13)24-17(27)9-10-26-12-23-19-18(14-5-3-2-4-6-14)25-29-20(19)21(26)28/h2-8,11-12H,9-10H2,1H3,(H,24,27). The fourth-order valence-electron chi connectivity index (χ4n) is 3.00. The molecule has 0 unspecified atom stereocenters. The Morgan fingerprint density at radius 1 is 1.21 bits per heavy atom.